The summed E-state index contributed by atoms with van der Waals surface area (Å²) in [7, 11) is 0. The summed E-state index contributed by atoms with van der Waals surface area (Å²) in [6.07, 6.45) is 1.69. The summed E-state index contributed by atoms with van der Waals surface area (Å²) < 4.78 is 1.76. The Hall–Kier alpha value is -3.21. The molecule has 0 atom stereocenters. The molecule has 1 fully saturated rings. The van der Waals surface area contributed by atoms with Crippen LogP contribution in [0.2, 0.25) is 0 Å². The van der Waals surface area contributed by atoms with Crippen LogP contribution in [-0.4, -0.2) is 44.4 Å². The fraction of sp³-hybridized carbons (Fsp3) is 0.312. The lowest BCUT2D eigenvalue weighted by Gasteiger charge is -2.40. The number of hydrogen-bond donors (Lipinski definition) is 1. The fourth-order valence-corrected chi connectivity index (χ4v) is 2.82. The second kappa shape index (κ2) is 5.77. The molecule has 3 aromatic heterocycles. The molecule has 0 saturated carbocycles. The third-order valence-corrected chi connectivity index (χ3v) is 4.17. The second-order valence-corrected chi connectivity index (χ2v) is 5.87. The highest BCUT2D eigenvalue weighted by Crippen LogP contribution is 2.23. The highest BCUT2D eigenvalue weighted by molar-refractivity contribution is 5.52. The Labute approximate surface area is 138 Å². The summed E-state index contributed by atoms with van der Waals surface area (Å²) in [4.78, 5) is 6.44. The number of hydrogen-bond acceptors (Lipinski definition) is 7. The molecule has 4 rings (SSSR count). The maximum Gasteiger partial charge on any atom is 0.178 e. The van der Waals surface area contributed by atoms with Crippen LogP contribution < -0.4 is 10.2 Å². The lowest BCUT2D eigenvalue weighted by Crippen LogP contribution is -2.50. The van der Waals surface area contributed by atoms with Gasteiger partial charge in [0.25, 0.3) is 0 Å². The molecule has 1 N–H and O–H groups in total. The SMILES string of the molecule is Cc1nnc2ccc(N3CC(CNc4ncccc4C#N)C3)nn12. The highest BCUT2D eigenvalue weighted by Gasteiger charge is 2.28. The zero-order valence-electron chi connectivity index (χ0n) is 13.2. The van der Waals surface area contributed by atoms with Crippen LogP contribution in [0.1, 0.15) is 11.4 Å². The van der Waals surface area contributed by atoms with Crippen LogP contribution in [0.4, 0.5) is 11.6 Å². The first-order valence-electron chi connectivity index (χ1n) is 7.77. The molecule has 0 radical (unpaired) electrons. The van der Waals surface area contributed by atoms with E-state index in [0.717, 1.165) is 36.9 Å². The van der Waals surface area contributed by atoms with E-state index in [4.69, 9.17) is 5.26 Å². The Morgan fingerprint density at radius 3 is 3.00 bits per heavy atom. The molecule has 8 heteroatoms. The molecule has 120 valence electrons. The first-order valence-corrected chi connectivity index (χ1v) is 7.77. The predicted molar refractivity (Wildman–Crippen MR) is 88.7 cm³/mol. The van der Waals surface area contributed by atoms with E-state index in [1.54, 1.807) is 22.8 Å². The van der Waals surface area contributed by atoms with Crippen molar-refractivity contribution in [3.8, 4) is 6.07 Å². The van der Waals surface area contributed by atoms with Gasteiger partial charge in [0, 0.05) is 31.7 Å². The van der Waals surface area contributed by atoms with Gasteiger partial charge in [-0.1, -0.05) is 0 Å². The average Bonchev–Trinajstić information content (AvgIpc) is 2.94. The summed E-state index contributed by atoms with van der Waals surface area (Å²) in [5, 5.41) is 25.0. The molecule has 4 heterocycles. The van der Waals surface area contributed by atoms with Gasteiger partial charge in [-0.3, -0.25) is 0 Å². The Morgan fingerprint density at radius 2 is 2.17 bits per heavy atom. The van der Waals surface area contributed by atoms with Crippen LogP contribution in [0.15, 0.2) is 30.5 Å². The standard InChI is InChI=1S/C16H16N8/c1-11-20-21-14-4-5-15(22-24(11)14)23-9-12(10-23)8-19-16-13(7-17)3-2-6-18-16/h2-6,12H,8-10H2,1H3,(H,18,19). The van der Waals surface area contributed by atoms with Gasteiger partial charge in [0.1, 0.15) is 17.7 Å². The Bertz CT molecular complexity index is 919. The number of anilines is 2. The van der Waals surface area contributed by atoms with Crippen molar-refractivity contribution in [3.05, 3.63) is 41.9 Å². The van der Waals surface area contributed by atoms with Crippen molar-refractivity contribution in [2.45, 2.75) is 6.92 Å². The van der Waals surface area contributed by atoms with Crippen LogP contribution in [0.3, 0.4) is 0 Å². The second-order valence-electron chi connectivity index (χ2n) is 5.87. The molecular weight excluding hydrogens is 304 g/mol. The van der Waals surface area contributed by atoms with Crippen LogP contribution in [-0.2, 0) is 0 Å². The number of pyridine rings is 1. The van der Waals surface area contributed by atoms with Gasteiger partial charge >= 0.3 is 0 Å². The van der Waals surface area contributed by atoms with Gasteiger partial charge in [-0.15, -0.1) is 15.3 Å². The van der Waals surface area contributed by atoms with E-state index in [0.29, 0.717) is 17.3 Å². The van der Waals surface area contributed by atoms with Gasteiger partial charge in [0.05, 0.1) is 5.56 Å². The molecule has 0 aliphatic carbocycles. The van der Waals surface area contributed by atoms with Crippen molar-refractivity contribution < 1.29 is 0 Å². The minimum atomic E-state index is 0.498. The van der Waals surface area contributed by atoms with Crippen molar-refractivity contribution >= 4 is 17.3 Å². The summed E-state index contributed by atoms with van der Waals surface area (Å²) in [6.45, 7) is 4.51. The van der Waals surface area contributed by atoms with Crippen LogP contribution >= 0.6 is 0 Å². The molecule has 0 amide bonds. The third-order valence-electron chi connectivity index (χ3n) is 4.17. The van der Waals surface area contributed by atoms with E-state index >= 15 is 0 Å². The smallest absolute Gasteiger partial charge is 0.178 e. The van der Waals surface area contributed by atoms with Crippen LogP contribution in [0.5, 0.6) is 0 Å². The van der Waals surface area contributed by atoms with E-state index in [1.165, 1.54) is 0 Å². The molecule has 0 spiro atoms. The lowest BCUT2D eigenvalue weighted by atomic mass is 10.0. The number of aromatic nitrogens is 5. The summed E-state index contributed by atoms with van der Waals surface area (Å²) in [5.41, 5.74) is 1.33. The topological polar surface area (TPSA) is 95.0 Å². The van der Waals surface area contributed by atoms with Gasteiger partial charge in [0.15, 0.2) is 11.5 Å². The van der Waals surface area contributed by atoms with Gasteiger partial charge < -0.3 is 10.2 Å². The van der Waals surface area contributed by atoms with Crippen molar-refractivity contribution in [2.24, 2.45) is 5.92 Å². The lowest BCUT2D eigenvalue weighted by molar-refractivity contribution is 0.424. The maximum absolute atomic E-state index is 9.08. The fourth-order valence-electron chi connectivity index (χ4n) is 2.82. The van der Waals surface area contributed by atoms with E-state index in [2.05, 4.69) is 36.6 Å². The van der Waals surface area contributed by atoms with E-state index in [9.17, 15) is 0 Å². The molecule has 0 unspecified atom stereocenters. The molecule has 0 bridgehead atoms. The van der Waals surface area contributed by atoms with Gasteiger partial charge in [-0.05, 0) is 31.2 Å². The zero-order chi connectivity index (χ0) is 16.5. The van der Waals surface area contributed by atoms with E-state index < -0.39 is 0 Å². The molecule has 1 aliphatic rings. The number of aryl methyl sites for hydroxylation is 1. The van der Waals surface area contributed by atoms with Crippen molar-refractivity contribution in [1.29, 1.82) is 5.26 Å². The average molecular weight is 320 g/mol. The van der Waals surface area contributed by atoms with E-state index in [-0.39, 0.29) is 0 Å². The van der Waals surface area contributed by atoms with Crippen molar-refractivity contribution in [2.75, 3.05) is 29.9 Å². The minimum Gasteiger partial charge on any atom is -0.369 e. The Kier molecular flexibility index (Phi) is 3.46. The monoisotopic (exact) mass is 320 g/mol. The summed E-state index contributed by atoms with van der Waals surface area (Å²) in [5.74, 6) is 2.86. The Balaban J connectivity index is 1.37. The van der Waals surface area contributed by atoms with Crippen LogP contribution in [0.25, 0.3) is 5.65 Å². The molecule has 1 saturated heterocycles. The van der Waals surface area contributed by atoms with Crippen molar-refractivity contribution in [3.63, 3.8) is 0 Å². The van der Waals surface area contributed by atoms with Crippen LogP contribution in [0, 0.1) is 24.2 Å². The normalized spacial score (nSPS) is 14.4. The summed E-state index contributed by atoms with van der Waals surface area (Å²) in [6, 6.07) is 9.59. The van der Waals surface area contributed by atoms with Crippen molar-refractivity contribution in [1.82, 2.24) is 24.8 Å². The van der Waals surface area contributed by atoms with Gasteiger partial charge in [-0.25, -0.2) is 4.98 Å². The minimum absolute atomic E-state index is 0.498. The number of nitriles is 1. The molecule has 8 nitrogen and oxygen atoms in total. The number of fused-ring (bicyclic) bond motifs is 1. The number of nitrogens with zero attached hydrogens (tertiary/aromatic N) is 7. The number of nitrogens with one attached hydrogen (secondary N) is 1. The zero-order valence-corrected chi connectivity index (χ0v) is 13.2. The molecule has 1 aliphatic heterocycles. The van der Waals surface area contributed by atoms with Gasteiger partial charge in [-0.2, -0.15) is 9.78 Å². The number of rotatable bonds is 4. The first kappa shape index (κ1) is 14.4. The highest BCUT2D eigenvalue weighted by atomic mass is 15.4. The first-order chi connectivity index (χ1) is 11.7. The Morgan fingerprint density at radius 1 is 1.29 bits per heavy atom. The molecule has 0 aromatic carbocycles. The largest absolute Gasteiger partial charge is 0.369 e. The van der Waals surface area contributed by atoms with Gasteiger partial charge in [0.2, 0.25) is 0 Å². The summed E-state index contributed by atoms with van der Waals surface area (Å²) >= 11 is 0. The van der Waals surface area contributed by atoms with E-state index in [1.807, 2.05) is 19.1 Å². The quantitative estimate of drug-likeness (QED) is 0.773. The predicted octanol–water partition coefficient (Wildman–Crippen LogP) is 1.25. The maximum atomic E-state index is 9.08. The molecular formula is C16H16N8. The molecule has 24 heavy (non-hydrogen) atoms. The molecule has 3 aromatic rings. The third kappa shape index (κ3) is 2.50.